The van der Waals surface area contributed by atoms with Crippen LogP contribution in [0.25, 0.3) is 0 Å². The molecule has 3 nitrogen and oxygen atoms in total. The van der Waals surface area contributed by atoms with Gasteiger partial charge in [-0.1, -0.05) is 12.2 Å². The summed E-state index contributed by atoms with van der Waals surface area (Å²) in [4.78, 5) is 0. The van der Waals surface area contributed by atoms with Crippen molar-refractivity contribution < 1.29 is 5.11 Å². The summed E-state index contributed by atoms with van der Waals surface area (Å²) in [5.41, 5.74) is 0. The number of hydrogen-bond donors (Lipinski definition) is 3. The Morgan fingerprint density at radius 3 is 3.09 bits per heavy atom. The van der Waals surface area contributed by atoms with Crippen molar-refractivity contribution in [1.82, 2.24) is 10.6 Å². The lowest BCUT2D eigenvalue weighted by Crippen LogP contribution is -2.25. The van der Waals surface area contributed by atoms with Crippen molar-refractivity contribution in [2.24, 2.45) is 0 Å². The first-order valence-electron chi connectivity index (χ1n) is 3.58. The molecule has 0 aliphatic carbocycles. The molecular weight excluding hydrogens is 140 g/mol. The molecule has 0 atom stereocenters. The van der Waals surface area contributed by atoms with Crippen LogP contribution >= 0.6 is 0 Å². The van der Waals surface area contributed by atoms with Gasteiger partial charge in [-0.3, -0.25) is 0 Å². The van der Waals surface area contributed by atoms with Crippen LogP contribution in [0.4, 0.5) is 0 Å². The molecule has 0 spiro atoms. The molecular formula is C8H12N2O. The first kappa shape index (κ1) is 7.88. The van der Waals surface area contributed by atoms with Gasteiger partial charge < -0.3 is 15.7 Å². The van der Waals surface area contributed by atoms with E-state index in [0.29, 0.717) is 6.54 Å². The standard InChI is InChI=1S/C8H12N2O/c11-7-6-10-8-4-2-1-3-5-9-8/h1-5,9-11H,6-7H2. The van der Waals surface area contributed by atoms with E-state index in [1.807, 2.05) is 30.5 Å². The minimum Gasteiger partial charge on any atom is -0.395 e. The second kappa shape index (κ2) is 4.57. The van der Waals surface area contributed by atoms with Crippen LogP contribution in [0.2, 0.25) is 0 Å². The van der Waals surface area contributed by atoms with E-state index < -0.39 is 0 Å². The maximum Gasteiger partial charge on any atom is 0.103 e. The molecule has 0 saturated carbocycles. The Hall–Kier alpha value is -1.22. The first-order chi connectivity index (χ1) is 5.43. The van der Waals surface area contributed by atoms with Gasteiger partial charge in [0.05, 0.1) is 6.61 Å². The zero-order valence-corrected chi connectivity index (χ0v) is 6.25. The summed E-state index contributed by atoms with van der Waals surface area (Å²) in [6.45, 7) is 0.715. The van der Waals surface area contributed by atoms with E-state index >= 15 is 0 Å². The third-order valence-electron chi connectivity index (χ3n) is 1.25. The number of aliphatic hydroxyl groups excluding tert-OH is 1. The van der Waals surface area contributed by atoms with E-state index in [-0.39, 0.29) is 6.61 Å². The summed E-state index contributed by atoms with van der Waals surface area (Å²) >= 11 is 0. The Morgan fingerprint density at radius 1 is 1.36 bits per heavy atom. The quantitative estimate of drug-likeness (QED) is 0.536. The van der Waals surface area contributed by atoms with Gasteiger partial charge in [0.25, 0.3) is 0 Å². The molecule has 1 aliphatic heterocycles. The fourth-order valence-electron chi connectivity index (χ4n) is 0.758. The molecule has 0 aromatic carbocycles. The summed E-state index contributed by atoms with van der Waals surface area (Å²) in [6, 6.07) is 0. The third-order valence-corrected chi connectivity index (χ3v) is 1.25. The SMILES string of the molecule is OCCNC1=CC=CC=CN1. The second-order valence-corrected chi connectivity index (χ2v) is 2.12. The predicted molar refractivity (Wildman–Crippen MR) is 44.6 cm³/mol. The lowest BCUT2D eigenvalue weighted by molar-refractivity contribution is 0.296. The molecule has 0 bridgehead atoms. The predicted octanol–water partition coefficient (Wildman–Crippen LogP) is 0.0828. The second-order valence-electron chi connectivity index (χ2n) is 2.12. The number of allylic oxidation sites excluding steroid dienone is 4. The highest BCUT2D eigenvalue weighted by Gasteiger charge is 1.90. The highest BCUT2D eigenvalue weighted by molar-refractivity contribution is 5.19. The maximum absolute atomic E-state index is 8.51. The largest absolute Gasteiger partial charge is 0.395 e. The van der Waals surface area contributed by atoms with Crippen LogP contribution < -0.4 is 10.6 Å². The average molecular weight is 152 g/mol. The van der Waals surface area contributed by atoms with E-state index in [1.165, 1.54) is 0 Å². The lowest BCUT2D eigenvalue weighted by Gasteiger charge is -2.07. The highest BCUT2D eigenvalue weighted by Crippen LogP contribution is 1.90. The molecule has 11 heavy (non-hydrogen) atoms. The smallest absolute Gasteiger partial charge is 0.103 e. The van der Waals surface area contributed by atoms with Gasteiger partial charge in [-0.2, -0.15) is 0 Å². The molecule has 0 fully saturated rings. The van der Waals surface area contributed by atoms with Gasteiger partial charge in [0.1, 0.15) is 5.82 Å². The van der Waals surface area contributed by atoms with Crippen molar-refractivity contribution in [2.75, 3.05) is 13.2 Å². The molecule has 3 N–H and O–H groups in total. The zero-order valence-electron chi connectivity index (χ0n) is 6.25. The van der Waals surface area contributed by atoms with E-state index in [0.717, 1.165) is 5.82 Å². The lowest BCUT2D eigenvalue weighted by atomic mass is 10.4. The molecule has 0 unspecified atom stereocenters. The van der Waals surface area contributed by atoms with E-state index in [2.05, 4.69) is 10.6 Å². The van der Waals surface area contributed by atoms with Gasteiger partial charge in [0.15, 0.2) is 0 Å². The Balaban J connectivity index is 2.38. The van der Waals surface area contributed by atoms with Crippen molar-refractivity contribution in [1.29, 1.82) is 0 Å². The average Bonchev–Trinajstić information content (AvgIpc) is 2.28. The van der Waals surface area contributed by atoms with Gasteiger partial charge in [-0.05, 0) is 12.2 Å². The molecule has 0 aromatic heterocycles. The molecule has 0 saturated heterocycles. The highest BCUT2D eigenvalue weighted by atomic mass is 16.3. The van der Waals surface area contributed by atoms with E-state index in [9.17, 15) is 0 Å². The third kappa shape index (κ3) is 2.91. The van der Waals surface area contributed by atoms with Crippen LogP contribution in [0, 0.1) is 0 Å². The van der Waals surface area contributed by atoms with Gasteiger partial charge in [-0.15, -0.1) is 0 Å². The molecule has 0 aromatic rings. The van der Waals surface area contributed by atoms with E-state index in [4.69, 9.17) is 5.11 Å². The van der Waals surface area contributed by atoms with Crippen molar-refractivity contribution >= 4 is 0 Å². The van der Waals surface area contributed by atoms with Crippen LogP contribution in [-0.4, -0.2) is 18.3 Å². The monoisotopic (exact) mass is 152 g/mol. The van der Waals surface area contributed by atoms with Crippen molar-refractivity contribution in [2.45, 2.75) is 0 Å². The Morgan fingerprint density at radius 2 is 2.27 bits per heavy atom. The fourth-order valence-corrected chi connectivity index (χ4v) is 0.758. The molecule has 3 heteroatoms. The van der Waals surface area contributed by atoms with Gasteiger partial charge >= 0.3 is 0 Å². The molecule has 0 amide bonds. The number of aliphatic hydroxyl groups is 1. The molecule has 0 radical (unpaired) electrons. The van der Waals surface area contributed by atoms with Gasteiger partial charge in [0, 0.05) is 12.7 Å². The molecule has 1 rings (SSSR count). The van der Waals surface area contributed by atoms with Crippen molar-refractivity contribution in [3.63, 3.8) is 0 Å². The van der Waals surface area contributed by atoms with Gasteiger partial charge in [0.2, 0.25) is 0 Å². The Labute approximate surface area is 66.1 Å². The molecule has 1 heterocycles. The van der Waals surface area contributed by atoms with Crippen LogP contribution in [0.5, 0.6) is 0 Å². The van der Waals surface area contributed by atoms with Crippen molar-refractivity contribution in [3.05, 3.63) is 36.3 Å². The topological polar surface area (TPSA) is 44.3 Å². The minimum absolute atomic E-state index is 0.145. The van der Waals surface area contributed by atoms with Crippen LogP contribution in [0.15, 0.2) is 36.3 Å². The number of nitrogens with one attached hydrogen (secondary N) is 2. The zero-order chi connectivity index (χ0) is 7.94. The molecule has 60 valence electrons. The maximum atomic E-state index is 8.51. The van der Waals surface area contributed by atoms with E-state index in [1.54, 1.807) is 0 Å². The summed E-state index contributed by atoms with van der Waals surface area (Å²) in [6.07, 6.45) is 9.51. The van der Waals surface area contributed by atoms with Crippen LogP contribution in [-0.2, 0) is 0 Å². The number of rotatable bonds is 3. The summed E-state index contributed by atoms with van der Waals surface area (Å²) in [5, 5.41) is 14.5. The normalized spacial score (nSPS) is 15.2. The Kier molecular flexibility index (Phi) is 3.28. The summed E-state index contributed by atoms with van der Waals surface area (Å²) < 4.78 is 0. The van der Waals surface area contributed by atoms with Crippen molar-refractivity contribution in [3.8, 4) is 0 Å². The first-order valence-corrected chi connectivity index (χ1v) is 3.58. The van der Waals surface area contributed by atoms with Crippen LogP contribution in [0.3, 0.4) is 0 Å². The summed E-state index contributed by atoms with van der Waals surface area (Å²) in [5.74, 6) is 0.907. The Bertz CT molecular complexity index is 194. The minimum atomic E-state index is 0.145. The fraction of sp³-hybridized carbons (Fsp3) is 0.250. The summed E-state index contributed by atoms with van der Waals surface area (Å²) in [7, 11) is 0. The van der Waals surface area contributed by atoms with Crippen LogP contribution in [0.1, 0.15) is 0 Å². The number of hydrogen-bond acceptors (Lipinski definition) is 3. The van der Waals surface area contributed by atoms with Gasteiger partial charge in [-0.25, -0.2) is 0 Å². The molecule has 1 aliphatic rings.